The molecule has 0 amide bonds. The standard InChI is InChI=1S/C21H20N2O3/c1-23-13-17(12-22-23)21(24)10-9-18-7-8-20(26-18)14-25-19-6-5-15-3-2-4-16(15)11-19/h5-13H,2-4,14H2,1H3/b10-9+. The first-order valence-electron chi connectivity index (χ1n) is 8.72. The number of benzene rings is 1. The molecule has 3 aromatic rings. The monoisotopic (exact) mass is 348 g/mol. The van der Waals surface area contributed by atoms with Crippen LogP contribution in [-0.4, -0.2) is 15.6 Å². The third-order valence-electron chi connectivity index (χ3n) is 4.52. The third kappa shape index (κ3) is 3.61. The summed E-state index contributed by atoms with van der Waals surface area (Å²) in [7, 11) is 1.78. The van der Waals surface area contributed by atoms with E-state index in [4.69, 9.17) is 9.15 Å². The van der Waals surface area contributed by atoms with Crippen molar-refractivity contribution in [1.29, 1.82) is 0 Å². The van der Waals surface area contributed by atoms with Crippen molar-refractivity contribution in [3.05, 3.63) is 77.0 Å². The van der Waals surface area contributed by atoms with Crippen molar-refractivity contribution in [2.45, 2.75) is 25.9 Å². The Morgan fingerprint density at radius 3 is 3.00 bits per heavy atom. The van der Waals surface area contributed by atoms with Crippen LogP contribution in [0, 0.1) is 0 Å². The molecular formula is C21H20N2O3. The molecule has 1 aliphatic rings. The van der Waals surface area contributed by atoms with Gasteiger partial charge in [-0.15, -0.1) is 0 Å². The second-order valence-corrected chi connectivity index (χ2v) is 6.48. The van der Waals surface area contributed by atoms with Gasteiger partial charge in [0.2, 0.25) is 0 Å². The number of carbonyl (C=O) groups excluding carboxylic acids is 1. The molecule has 0 saturated carbocycles. The van der Waals surface area contributed by atoms with Crippen LogP contribution in [0.2, 0.25) is 0 Å². The van der Waals surface area contributed by atoms with Gasteiger partial charge in [-0.3, -0.25) is 9.48 Å². The Morgan fingerprint density at radius 2 is 2.15 bits per heavy atom. The Kier molecular flexibility index (Phi) is 4.44. The molecule has 0 bridgehead atoms. The van der Waals surface area contributed by atoms with E-state index >= 15 is 0 Å². The number of aryl methyl sites for hydroxylation is 3. The Hall–Kier alpha value is -3.08. The summed E-state index contributed by atoms with van der Waals surface area (Å²) in [6.45, 7) is 0.364. The minimum Gasteiger partial charge on any atom is -0.486 e. The van der Waals surface area contributed by atoms with Crippen LogP contribution in [0.4, 0.5) is 0 Å². The van der Waals surface area contributed by atoms with Crippen LogP contribution in [0.1, 0.15) is 39.4 Å². The van der Waals surface area contributed by atoms with Crippen molar-refractivity contribution < 1.29 is 13.9 Å². The molecular weight excluding hydrogens is 328 g/mol. The van der Waals surface area contributed by atoms with Crippen LogP contribution in [0.15, 0.2) is 53.2 Å². The van der Waals surface area contributed by atoms with Crippen molar-refractivity contribution in [3.8, 4) is 5.75 Å². The fourth-order valence-corrected chi connectivity index (χ4v) is 3.16. The number of ether oxygens (including phenoxy) is 1. The maximum atomic E-state index is 12.0. The van der Waals surface area contributed by atoms with Gasteiger partial charge >= 0.3 is 0 Å². The summed E-state index contributed by atoms with van der Waals surface area (Å²) in [5, 5.41) is 3.99. The Bertz CT molecular complexity index is 965. The van der Waals surface area contributed by atoms with Crippen LogP contribution in [-0.2, 0) is 26.5 Å². The first-order valence-corrected chi connectivity index (χ1v) is 8.72. The van der Waals surface area contributed by atoms with Gasteiger partial charge in [0, 0.05) is 13.2 Å². The van der Waals surface area contributed by atoms with Crippen molar-refractivity contribution in [3.63, 3.8) is 0 Å². The normalized spacial score (nSPS) is 13.3. The van der Waals surface area contributed by atoms with Gasteiger partial charge in [0.15, 0.2) is 5.78 Å². The van der Waals surface area contributed by atoms with Gasteiger partial charge in [0.25, 0.3) is 0 Å². The number of rotatable bonds is 6. The Balaban J connectivity index is 1.35. The summed E-state index contributed by atoms with van der Waals surface area (Å²) in [5.74, 6) is 2.10. The van der Waals surface area contributed by atoms with Crippen LogP contribution < -0.4 is 4.74 Å². The first-order chi connectivity index (χ1) is 12.7. The van der Waals surface area contributed by atoms with Gasteiger partial charge in [-0.05, 0) is 66.8 Å². The molecule has 0 aliphatic heterocycles. The summed E-state index contributed by atoms with van der Waals surface area (Å²) in [6, 6.07) is 9.98. The molecule has 0 N–H and O–H groups in total. The summed E-state index contributed by atoms with van der Waals surface area (Å²) in [4.78, 5) is 12.0. The molecule has 0 radical (unpaired) electrons. The van der Waals surface area contributed by atoms with E-state index in [1.54, 1.807) is 30.2 Å². The topological polar surface area (TPSA) is 57.3 Å². The van der Waals surface area contributed by atoms with Crippen LogP contribution >= 0.6 is 0 Å². The first kappa shape index (κ1) is 16.4. The predicted octanol–water partition coefficient (Wildman–Crippen LogP) is 3.98. The summed E-state index contributed by atoms with van der Waals surface area (Å²) in [6.07, 6.45) is 9.91. The zero-order valence-corrected chi connectivity index (χ0v) is 14.6. The highest BCUT2D eigenvalue weighted by atomic mass is 16.5. The van der Waals surface area contributed by atoms with Crippen LogP contribution in [0.5, 0.6) is 5.75 Å². The zero-order valence-electron chi connectivity index (χ0n) is 14.6. The lowest BCUT2D eigenvalue weighted by Crippen LogP contribution is -1.94. The number of allylic oxidation sites excluding steroid dienone is 1. The van der Waals surface area contributed by atoms with Gasteiger partial charge in [0.1, 0.15) is 23.9 Å². The molecule has 132 valence electrons. The van der Waals surface area contributed by atoms with Gasteiger partial charge < -0.3 is 9.15 Å². The van der Waals surface area contributed by atoms with Crippen LogP contribution in [0.3, 0.4) is 0 Å². The number of hydrogen-bond donors (Lipinski definition) is 0. The van der Waals surface area contributed by atoms with E-state index in [0.29, 0.717) is 17.9 Å². The molecule has 0 saturated heterocycles. The van der Waals surface area contributed by atoms with E-state index in [9.17, 15) is 4.79 Å². The number of nitrogens with zero attached hydrogens (tertiary/aromatic N) is 2. The smallest absolute Gasteiger partial charge is 0.189 e. The number of furan rings is 1. The molecule has 26 heavy (non-hydrogen) atoms. The molecule has 4 rings (SSSR count). The lowest BCUT2D eigenvalue weighted by atomic mass is 10.1. The molecule has 1 aromatic carbocycles. The maximum Gasteiger partial charge on any atom is 0.189 e. The average Bonchev–Trinajstić information content (AvgIpc) is 3.38. The summed E-state index contributed by atoms with van der Waals surface area (Å²) < 4.78 is 13.1. The number of carbonyl (C=O) groups is 1. The SMILES string of the molecule is Cn1cc(C(=O)/C=C/c2ccc(COc3ccc4c(c3)CCC4)o2)cn1. The van der Waals surface area contributed by atoms with E-state index in [-0.39, 0.29) is 5.78 Å². The molecule has 5 nitrogen and oxygen atoms in total. The molecule has 0 atom stereocenters. The van der Waals surface area contributed by atoms with Gasteiger partial charge in [-0.2, -0.15) is 5.10 Å². The average molecular weight is 348 g/mol. The quantitative estimate of drug-likeness (QED) is 0.499. The minimum atomic E-state index is -0.106. The second-order valence-electron chi connectivity index (χ2n) is 6.48. The van der Waals surface area contributed by atoms with Crippen molar-refractivity contribution in [1.82, 2.24) is 9.78 Å². The van der Waals surface area contributed by atoms with E-state index < -0.39 is 0 Å². The lowest BCUT2D eigenvalue weighted by molar-refractivity contribution is 0.104. The number of aromatic nitrogens is 2. The summed E-state index contributed by atoms with van der Waals surface area (Å²) in [5.41, 5.74) is 3.37. The number of hydrogen-bond acceptors (Lipinski definition) is 4. The van der Waals surface area contributed by atoms with Crippen molar-refractivity contribution in [2.24, 2.45) is 7.05 Å². The fraction of sp³-hybridized carbons (Fsp3) is 0.238. The number of fused-ring (bicyclic) bond motifs is 1. The lowest BCUT2D eigenvalue weighted by Gasteiger charge is -2.06. The number of ketones is 1. The molecule has 0 spiro atoms. The summed E-state index contributed by atoms with van der Waals surface area (Å²) >= 11 is 0. The van der Waals surface area contributed by atoms with Crippen molar-refractivity contribution in [2.75, 3.05) is 0 Å². The van der Waals surface area contributed by atoms with E-state index in [2.05, 4.69) is 17.2 Å². The fourth-order valence-electron chi connectivity index (χ4n) is 3.16. The maximum absolute atomic E-state index is 12.0. The minimum absolute atomic E-state index is 0.106. The second kappa shape index (κ2) is 7.04. The molecule has 1 aliphatic carbocycles. The van der Waals surface area contributed by atoms with Gasteiger partial charge in [-0.1, -0.05) is 6.07 Å². The van der Waals surface area contributed by atoms with Gasteiger partial charge in [-0.25, -0.2) is 0 Å². The molecule has 0 fully saturated rings. The van der Waals surface area contributed by atoms with Crippen LogP contribution in [0.25, 0.3) is 6.08 Å². The Labute approximate surface area is 151 Å². The van der Waals surface area contributed by atoms with Crippen molar-refractivity contribution >= 4 is 11.9 Å². The third-order valence-corrected chi connectivity index (χ3v) is 4.52. The largest absolute Gasteiger partial charge is 0.486 e. The predicted molar refractivity (Wildman–Crippen MR) is 98.1 cm³/mol. The molecule has 5 heteroatoms. The highest BCUT2D eigenvalue weighted by Gasteiger charge is 2.11. The van der Waals surface area contributed by atoms with E-state index in [0.717, 1.165) is 17.9 Å². The van der Waals surface area contributed by atoms with Gasteiger partial charge in [0.05, 0.1) is 11.8 Å². The van der Waals surface area contributed by atoms with E-state index in [1.165, 1.54) is 30.0 Å². The van der Waals surface area contributed by atoms with E-state index in [1.807, 2.05) is 18.2 Å². The molecule has 0 unspecified atom stereocenters. The zero-order chi connectivity index (χ0) is 17.9. The Morgan fingerprint density at radius 1 is 1.27 bits per heavy atom. The highest BCUT2D eigenvalue weighted by Crippen LogP contribution is 2.26. The molecule has 2 aromatic heterocycles. The highest BCUT2D eigenvalue weighted by molar-refractivity contribution is 6.06. The molecule has 2 heterocycles.